The van der Waals surface area contributed by atoms with Crippen LogP contribution in [0.5, 0.6) is 0 Å². The van der Waals surface area contributed by atoms with Crippen LogP contribution in [0.15, 0.2) is 109 Å². The molecule has 0 aliphatic carbocycles. The van der Waals surface area contributed by atoms with Gasteiger partial charge in [0.2, 0.25) is 0 Å². The Morgan fingerprint density at radius 2 is 1.60 bits per heavy atom. The lowest BCUT2D eigenvalue weighted by Gasteiger charge is -2.32. The zero-order valence-electron chi connectivity index (χ0n) is 22.1. The maximum absolute atomic E-state index is 13.0. The highest BCUT2D eigenvalue weighted by Gasteiger charge is 2.19. The molecule has 1 amide bonds. The predicted octanol–water partition coefficient (Wildman–Crippen LogP) is 7.09. The SMILES string of the molecule is O=C(NCc1ccc2ccccc2c1)c1ccc2c(c1)CCCN2Cc1cccc(-c2ccccc2C(=O)O)c1. The first-order valence-electron chi connectivity index (χ1n) is 13.6. The average Bonchev–Trinajstić information content (AvgIpc) is 2.99. The van der Waals surface area contributed by atoms with Gasteiger partial charge >= 0.3 is 5.97 Å². The number of aromatic carboxylic acids is 1. The third kappa shape index (κ3) is 5.32. The number of rotatable bonds is 7. The van der Waals surface area contributed by atoms with Crippen molar-refractivity contribution in [3.63, 3.8) is 0 Å². The van der Waals surface area contributed by atoms with Gasteiger partial charge < -0.3 is 15.3 Å². The molecule has 1 heterocycles. The van der Waals surface area contributed by atoms with Crippen LogP contribution in [0.3, 0.4) is 0 Å². The van der Waals surface area contributed by atoms with Crippen molar-refractivity contribution in [3.05, 3.63) is 137 Å². The number of aryl methyl sites for hydroxylation is 1. The van der Waals surface area contributed by atoms with Gasteiger partial charge in [-0.1, -0.05) is 72.8 Å². The van der Waals surface area contributed by atoms with Crippen LogP contribution < -0.4 is 10.2 Å². The van der Waals surface area contributed by atoms with Crippen molar-refractivity contribution in [2.45, 2.75) is 25.9 Å². The van der Waals surface area contributed by atoms with Gasteiger partial charge in [0.25, 0.3) is 5.91 Å². The van der Waals surface area contributed by atoms with Crippen LogP contribution in [0.1, 0.15) is 43.8 Å². The first-order chi connectivity index (χ1) is 19.5. The summed E-state index contributed by atoms with van der Waals surface area (Å²) in [5, 5.41) is 15.1. The molecule has 0 saturated carbocycles. The molecular weight excluding hydrogens is 496 g/mol. The highest BCUT2D eigenvalue weighted by Crippen LogP contribution is 2.31. The average molecular weight is 527 g/mol. The Bertz CT molecular complexity index is 1730. The van der Waals surface area contributed by atoms with Gasteiger partial charge in [-0.05, 0) is 87.8 Å². The van der Waals surface area contributed by atoms with E-state index in [1.165, 1.54) is 16.3 Å². The van der Waals surface area contributed by atoms with Crippen molar-refractivity contribution < 1.29 is 14.7 Å². The summed E-state index contributed by atoms with van der Waals surface area (Å²) in [5.41, 5.74) is 7.10. The van der Waals surface area contributed by atoms with Crippen LogP contribution >= 0.6 is 0 Å². The summed E-state index contributed by atoms with van der Waals surface area (Å²) in [4.78, 5) is 27.1. The van der Waals surface area contributed by atoms with Crippen molar-refractivity contribution in [2.75, 3.05) is 11.4 Å². The van der Waals surface area contributed by atoms with Crippen LogP contribution in [0.2, 0.25) is 0 Å². The fraction of sp³-hybridized carbons (Fsp3) is 0.143. The lowest BCUT2D eigenvalue weighted by molar-refractivity contribution is 0.0697. The number of amides is 1. The number of anilines is 1. The van der Waals surface area contributed by atoms with Crippen LogP contribution in [0, 0.1) is 0 Å². The third-order valence-electron chi connectivity index (χ3n) is 7.59. The number of fused-ring (bicyclic) bond motifs is 2. The number of carbonyl (C=O) groups is 2. The quantitative estimate of drug-likeness (QED) is 0.238. The number of nitrogens with zero attached hydrogens (tertiary/aromatic N) is 1. The monoisotopic (exact) mass is 526 g/mol. The molecule has 198 valence electrons. The summed E-state index contributed by atoms with van der Waals surface area (Å²) in [6, 6.07) is 35.7. The Morgan fingerprint density at radius 3 is 2.48 bits per heavy atom. The van der Waals surface area contributed by atoms with Crippen molar-refractivity contribution in [2.24, 2.45) is 0 Å². The molecule has 6 rings (SSSR count). The van der Waals surface area contributed by atoms with Crippen molar-refractivity contribution in [1.29, 1.82) is 0 Å². The minimum atomic E-state index is -0.928. The number of carbonyl (C=O) groups excluding carboxylic acids is 1. The van der Waals surface area contributed by atoms with Crippen LogP contribution in [-0.4, -0.2) is 23.5 Å². The molecule has 0 unspecified atom stereocenters. The zero-order chi connectivity index (χ0) is 27.5. The zero-order valence-corrected chi connectivity index (χ0v) is 22.1. The number of carboxylic acids is 1. The van der Waals surface area contributed by atoms with E-state index in [0.29, 0.717) is 24.2 Å². The first kappa shape index (κ1) is 25.4. The van der Waals surface area contributed by atoms with Gasteiger partial charge in [0.05, 0.1) is 5.56 Å². The summed E-state index contributed by atoms with van der Waals surface area (Å²) >= 11 is 0. The minimum absolute atomic E-state index is 0.0714. The highest BCUT2D eigenvalue weighted by atomic mass is 16.4. The van der Waals surface area contributed by atoms with Crippen molar-refractivity contribution >= 4 is 28.3 Å². The fourth-order valence-electron chi connectivity index (χ4n) is 5.59. The Hall–Kier alpha value is -4.90. The fourth-order valence-corrected chi connectivity index (χ4v) is 5.59. The lowest BCUT2D eigenvalue weighted by Crippen LogP contribution is -2.29. The molecule has 5 nitrogen and oxygen atoms in total. The van der Waals surface area contributed by atoms with Gasteiger partial charge in [-0.2, -0.15) is 0 Å². The van der Waals surface area contributed by atoms with E-state index in [9.17, 15) is 14.7 Å². The predicted molar refractivity (Wildman–Crippen MR) is 160 cm³/mol. The molecule has 0 aromatic heterocycles. The smallest absolute Gasteiger partial charge is 0.336 e. The topological polar surface area (TPSA) is 69.6 Å². The molecule has 0 bridgehead atoms. The second kappa shape index (κ2) is 11.1. The molecule has 2 N–H and O–H groups in total. The van der Waals surface area contributed by atoms with Crippen LogP contribution in [0.4, 0.5) is 5.69 Å². The molecule has 0 spiro atoms. The Morgan fingerprint density at radius 1 is 0.775 bits per heavy atom. The minimum Gasteiger partial charge on any atom is -0.478 e. The molecule has 0 radical (unpaired) electrons. The van der Waals surface area contributed by atoms with E-state index < -0.39 is 5.97 Å². The molecule has 5 aromatic rings. The standard InChI is InChI=1S/C35H30N2O3/c38-34(36-22-24-14-15-26-8-1-2-9-27(26)19-24)30-16-17-33-29(21-30)11-6-18-37(33)23-25-7-5-10-28(20-25)31-12-3-4-13-32(31)35(39)40/h1-5,7-10,12-17,19-21H,6,11,18,22-23H2,(H,36,38)(H,39,40). The normalized spacial score (nSPS) is 12.7. The highest BCUT2D eigenvalue weighted by molar-refractivity contribution is 5.96. The molecule has 5 aromatic carbocycles. The van der Waals surface area contributed by atoms with Gasteiger partial charge in [0.15, 0.2) is 0 Å². The molecule has 0 atom stereocenters. The van der Waals surface area contributed by atoms with E-state index in [4.69, 9.17) is 0 Å². The number of hydrogen-bond donors (Lipinski definition) is 2. The molecule has 1 aliphatic heterocycles. The second-order valence-corrected chi connectivity index (χ2v) is 10.3. The molecule has 0 fully saturated rings. The van der Waals surface area contributed by atoms with Gasteiger partial charge in [0.1, 0.15) is 0 Å². The number of benzene rings is 5. The molecule has 1 aliphatic rings. The maximum atomic E-state index is 13.0. The Labute approximate surface area is 233 Å². The van der Waals surface area contributed by atoms with E-state index in [2.05, 4.69) is 58.7 Å². The molecule has 5 heteroatoms. The largest absolute Gasteiger partial charge is 0.478 e. The number of nitrogens with one attached hydrogen (secondary N) is 1. The Balaban J connectivity index is 1.16. The summed E-state index contributed by atoms with van der Waals surface area (Å²) in [5.74, 6) is -0.999. The number of carboxylic acid groups (broad SMARTS) is 1. The summed E-state index contributed by atoms with van der Waals surface area (Å²) in [6.07, 6.45) is 1.94. The third-order valence-corrected chi connectivity index (χ3v) is 7.59. The van der Waals surface area contributed by atoms with Crippen molar-refractivity contribution in [1.82, 2.24) is 5.32 Å². The van der Waals surface area contributed by atoms with Gasteiger partial charge in [-0.15, -0.1) is 0 Å². The van der Waals surface area contributed by atoms with Gasteiger partial charge in [0, 0.05) is 30.9 Å². The van der Waals surface area contributed by atoms with E-state index in [1.807, 2.05) is 48.5 Å². The van der Waals surface area contributed by atoms with E-state index in [1.54, 1.807) is 12.1 Å². The summed E-state index contributed by atoms with van der Waals surface area (Å²) in [7, 11) is 0. The van der Waals surface area contributed by atoms with E-state index >= 15 is 0 Å². The van der Waals surface area contributed by atoms with Crippen LogP contribution in [0.25, 0.3) is 21.9 Å². The molecule has 0 saturated heterocycles. The number of hydrogen-bond acceptors (Lipinski definition) is 3. The first-order valence-corrected chi connectivity index (χ1v) is 13.6. The second-order valence-electron chi connectivity index (χ2n) is 10.3. The van der Waals surface area contributed by atoms with Gasteiger partial charge in [-0.25, -0.2) is 4.79 Å². The molecule has 40 heavy (non-hydrogen) atoms. The lowest BCUT2D eigenvalue weighted by atomic mass is 9.96. The Kier molecular flexibility index (Phi) is 7.02. The van der Waals surface area contributed by atoms with E-state index in [0.717, 1.165) is 47.3 Å². The van der Waals surface area contributed by atoms with Crippen LogP contribution in [-0.2, 0) is 19.5 Å². The summed E-state index contributed by atoms with van der Waals surface area (Å²) in [6.45, 7) is 2.12. The van der Waals surface area contributed by atoms with Crippen molar-refractivity contribution in [3.8, 4) is 11.1 Å². The van der Waals surface area contributed by atoms with Gasteiger partial charge in [-0.3, -0.25) is 4.79 Å². The molecular formula is C35H30N2O3. The maximum Gasteiger partial charge on any atom is 0.336 e. The summed E-state index contributed by atoms with van der Waals surface area (Å²) < 4.78 is 0. The van der Waals surface area contributed by atoms with E-state index in [-0.39, 0.29) is 5.91 Å².